The summed E-state index contributed by atoms with van der Waals surface area (Å²) in [6, 6.07) is 61.1. The van der Waals surface area contributed by atoms with Crippen LogP contribution in [-0.4, -0.2) is 0 Å². The maximum absolute atomic E-state index is 8.90. The van der Waals surface area contributed by atoms with E-state index in [1.165, 1.54) is 58.8 Å². The van der Waals surface area contributed by atoms with Gasteiger partial charge in [0.25, 0.3) is 0 Å². The Labute approximate surface area is 274 Å². The predicted octanol–water partition coefficient (Wildman–Crippen LogP) is 11.8. The second kappa shape index (κ2) is 10.9. The summed E-state index contributed by atoms with van der Waals surface area (Å²) in [6.07, 6.45) is 0. The Morgan fingerprint density at radius 2 is 0.773 bits per heavy atom. The molecule has 2 aliphatic heterocycles. The molecule has 0 nitrogen and oxygen atoms in total. The minimum atomic E-state index is -2.18. The van der Waals surface area contributed by atoms with Gasteiger partial charge in [-0.05, 0) is 0 Å². The van der Waals surface area contributed by atoms with E-state index < -0.39 is 39.6 Å². The number of rotatable bonds is 4. The van der Waals surface area contributed by atoms with Crippen LogP contribution in [-0.2, 0) is 0 Å². The van der Waals surface area contributed by atoms with Crippen LogP contribution < -0.4 is 0 Å². The summed E-state index contributed by atoms with van der Waals surface area (Å²) >= 11 is -4.03. The van der Waals surface area contributed by atoms with Gasteiger partial charge in [0.2, 0.25) is 0 Å². The van der Waals surface area contributed by atoms with Gasteiger partial charge in [-0.15, -0.1) is 0 Å². The van der Waals surface area contributed by atoms with E-state index in [4.69, 9.17) is 1.37 Å². The first-order valence-electron chi connectivity index (χ1n) is 15.3. The van der Waals surface area contributed by atoms with Gasteiger partial charge in [-0.2, -0.15) is 0 Å². The van der Waals surface area contributed by atoms with Crippen molar-refractivity contribution < 1.29 is 1.37 Å². The van der Waals surface area contributed by atoms with Gasteiger partial charge in [-0.1, -0.05) is 0 Å². The number of hydrogen-bond donors (Lipinski definition) is 0. The molecule has 2 heterocycles. The summed E-state index contributed by atoms with van der Waals surface area (Å²) in [7, 11) is 0. The molecule has 0 aromatic heterocycles. The van der Waals surface area contributed by atoms with Gasteiger partial charge in [0.1, 0.15) is 0 Å². The molecule has 2 heteroatoms. The third-order valence-corrected chi connectivity index (χ3v) is 21.0. The van der Waals surface area contributed by atoms with Crippen molar-refractivity contribution in [1.29, 1.82) is 0 Å². The van der Waals surface area contributed by atoms with Crippen LogP contribution >= 0.6 is 39.6 Å². The monoisotopic (exact) mass is 787 g/mol. The molecule has 44 heavy (non-hydrogen) atoms. The van der Waals surface area contributed by atoms with E-state index >= 15 is 0 Å². The van der Waals surface area contributed by atoms with Crippen LogP contribution in [0, 0.1) is 21.4 Å². The molecule has 0 bridgehead atoms. The average Bonchev–Trinajstić information content (AvgIpc) is 3.61. The molecule has 0 N–H and O–H groups in total. The molecule has 9 rings (SSSR count). The Morgan fingerprint density at radius 3 is 1.32 bits per heavy atom. The van der Waals surface area contributed by atoms with Crippen LogP contribution in [0.4, 0.5) is 0 Å². The first-order valence-corrected chi connectivity index (χ1v) is 21.3. The molecule has 0 aliphatic carbocycles. The quantitative estimate of drug-likeness (QED) is 0.156. The molecular weight excluding hydrogens is 758 g/mol. The zero-order chi connectivity index (χ0) is 29.9. The fourth-order valence-electron chi connectivity index (χ4n) is 6.52. The van der Waals surface area contributed by atoms with E-state index in [-0.39, 0.29) is 0 Å². The summed E-state index contributed by atoms with van der Waals surface area (Å²) in [4.78, 5) is 0. The molecular formula is C42H28I2. The minimum absolute atomic E-state index is 0.556. The van der Waals surface area contributed by atoms with Crippen molar-refractivity contribution in [2.75, 3.05) is 0 Å². The Bertz CT molecular complexity index is 2130. The molecule has 0 radical (unpaired) electrons. The van der Waals surface area contributed by atoms with Crippen molar-refractivity contribution in [3.8, 4) is 44.5 Å². The number of fused-ring (bicyclic) bond motifs is 6. The zero-order valence-electron chi connectivity index (χ0n) is 24.8. The fourth-order valence-corrected chi connectivity index (χ4v) is 20.0. The van der Waals surface area contributed by atoms with Gasteiger partial charge in [0.15, 0.2) is 0 Å². The third kappa shape index (κ3) is 4.15. The average molecular weight is 788 g/mol. The third-order valence-electron chi connectivity index (χ3n) is 8.45. The Morgan fingerprint density at radius 1 is 0.341 bits per heavy atom. The zero-order valence-corrected chi connectivity index (χ0v) is 28.2. The summed E-state index contributed by atoms with van der Waals surface area (Å²) in [5.41, 5.74) is 10.4. The number of halogens is 2. The first kappa shape index (κ1) is 25.3. The van der Waals surface area contributed by atoms with Gasteiger partial charge in [0, 0.05) is 0 Å². The van der Waals surface area contributed by atoms with Crippen molar-refractivity contribution in [2.24, 2.45) is 0 Å². The van der Waals surface area contributed by atoms with Crippen molar-refractivity contribution in [1.82, 2.24) is 0 Å². The molecule has 2 aliphatic rings. The van der Waals surface area contributed by atoms with Crippen LogP contribution in [0.15, 0.2) is 170 Å². The van der Waals surface area contributed by atoms with Gasteiger partial charge >= 0.3 is 277 Å². The van der Waals surface area contributed by atoms with Crippen LogP contribution in [0.3, 0.4) is 0 Å². The normalized spacial score (nSPS) is 14.4. The van der Waals surface area contributed by atoms with Gasteiger partial charge in [-0.25, -0.2) is 0 Å². The van der Waals surface area contributed by atoms with Gasteiger partial charge in [0.05, 0.1) is 0 Å². The van der Waals surface area contributed by atoms with Crippen LogP contribution in [0.1, 0.15) is 1.37 Å². The molecule has 7 aromatic rings. The summed E-state index contributed by atoms with van der Waals surface area (Å²) in [5.74, 6) is 0. The molecule has 0 fully saturated rings. The number of benzene rings is 7. The Hall–Kier alpha value is -4.00. The second-order valence-electron chi connectivity index (χ2n) is 11.0. The van der Waals surface area contributed by atoms with Crippen molar-refractivity contribution in [3.63, 3.8) is 0 Å². The van der Waals surface area contributed by atoms with E-state index in [1.54, 1.807) is 7.14 Å². The maximum atomic E-state index is 8.90. The summed E-state index contributed by atoms with van der Waals surface area (Å²) in [6.45, 7) is 0. The van der Waals surface area contributed by atoms with Crippen LogP contribution in [0.2, 0.25) is 0 Å². The number of hydrogen-bond acceptors (Lipinski definition) is 0. The molecule has 0 amide bonds. The SMILES string of the molecule is [2H]c1cc(-c2ccccc2)c(I2c3ccccc3-c3cc(I4c5ccccc5-c5ccccc54)ccc32)c(-c2ccccc2)c1. The predicted molar refractivity (Wildman–Crippen MR) is 201 cm³/mol. The summed E-state index contributed by atoms with van der Waals surface area (Å²) < 4.78 is 17.9. The molecule has 0 atom stereocenters. The molecule has 0 saturated heterocycles. The van der Waals surface area contributed by atoms with Gasteiger partial charge in [-0.3, -0.25) is 0 Å². The Kier molecular flexibility index (Phi) is 6.26. The topological polar surface area (TPSA) is 0 Å². The first-order chi connectivity index (χ1) is 22.3. The molecule has 210 valence electrons. The molecule has 7 aromatic carbocycles. The van der Waals surface area contributed by atoms with E-state index in [9.17, 15) is 0 Å². The molecule has 0 unspecified atom stereocenters. The van der Waals surface area contributed by atoms with Crippen molar-refractivity contribution >= 4 is 39.6 Å². The molecule has 0 spiro atoms. The fraction of sp³-hybridized carbons (Fsp3) is 0. The van der Waals surface area contributed by atoms with Crippen molar-refractivity contribution in [3.05, 3.63) is 191 Å². The van der Waals surface area contributed by atoms with Crippen LogP contribution in [0.25, 0.3) is 44.5 Å². The Balaban J connectivity index is 1.29. The summed E-state index contributed by atoms with van der Waals surface area (Å²) in [5, 5.41) is 0. The van der Waals surface area contributed by atoms with Crippen LogP contribution in [0.5, 0.6) is 0 Å². The van der Waals surface area contributed by atoms with Crippen molar-refractivity contribution in [2.45, 2.75) is 0 Å². The van der Waals surface area contributed by atoms with E-state index in [1.807, 2.05) is 0 Å². The van der Waals surface area contributed by atoms with E-state index in [0.29, 0.717) is 6.04 Å². The van der Waals surface area contributed by atoms with E-state index in [2.05, 4.69) is 164 Å². The molecule has 0 saturated carbocycles. The second-order valence-corrected chi connectivity index (χ2v) is 21.2. The standard InChI is InChI=1S/C42H28I2/c1-3-14-29(15-4-1)32-21-13-22-33(30-16-5-2-6-17-30)42(32)44-40-25-12-9-20-36(40)37-28-31(26-27-41(37)44)43-38-23-10-7-18-34(38)35-19-8-11-24-39(35)43/h1-28H/i13D. The van der Waals surface area contributed by atoms with Gasteiger partial charge < -0.3 is 0 Å². The van der Waals surface area contributed by atoms with E-state index in [0.717, 1.165) is 0 Å².